The van der Waals surface area contributed by atoms with Gasteiger partial charge in [0, 0.05) is 0 Å². The second kappa shape index (κ2) is 12.8. The third-order valence-electron chi connectivity index (χ3n) is 2.41. The topological polar surface area (TPSA) is 139 Å². The van der Waals surface area contributed by atoms with E-state index in [2.05, 4.69) is 34.6 Å². The molecule has 0 rings (SSSR count). The molecule has 0 heterocycles. The minimum atomic E-state index is -1.70. The van der Waals surface area contributed by atoms with Gasteiger partial charge in [0.1, 0.15) is 12.8 Å². The number of hydrogen-bond acceptors (Lipinski definition) is 7. The third kappa shape index (κ3) is 16.1. The molecular formula is C16H25NO8. The van der Waals surface area contributed by atoms with Crippen LogP contribution in [0.15, 0.2) is 0 Å². The number of nitrogens with one attached hydrogen (secondary N) is 1. The molecule has 142 valence electrons. The SMILES string of the molecule is C#CC(C)(C)NC(OC(=O)CC(=O)O)OC(=O)CC(=O)O.CCCC. The second-order valence-electron chi connectivity index (χ2n) is 5.37. The van der Waals surface area contributed by atoms with E-state index >= 15 is 0 Å². The Labute approximate surface area is 146 Å². The minimum Gasteiger partial charge on any atom is -0.481 e. The van der Waals surface area contributed by atoms with E-state index in [-0.39, 0.29) is 0 Å². The first-order chi connectivity index (χ1) is 11.5. The van der Waals surface area contributed by atoms with E-state index < -0.39 is 48.7 Å². The average molecular weight is 359 g/mol. The first kappa shape index (κ1) is 24.6. The molecule has 3 N–H and O–H groups in total. The summed E-state index contributed by atoms with van der Waals surface area (Å²) in [5.74, 6) is -2.97. The molecule has 0 aliphatic heterocycles. The Hall–Kier alpha value is -2.60. The Kier molecular flexibility index (Phi) is 12.6. The monoisotopic (exact) mass is 359 g/mol. The molecule has 0 radical (unpaired) electrons. The molecule has 9 heteroatoms. The number of esters is 2. The van der Waals surface area contributed by atoms with Crippen LogP contribution in [0.3, 0.4) is 0 Å². The fraction of sp³-hybridized carbons (Fsp3) is 0.625. The zero-order valence-electron chi connectivity index (χ0n) is 14.8. The van der Waals surface area contributed by atoms with Gasteiger partial charge >= 0.3 is 30.3 Å². The van der Waals surface area contributed by atoms with Gasteiger partial charge in [0.25, 0.3) is 0 Å². The molecule has 0 aromatic rings. The molecule has 9 nitrogen and oxygen atoms in total. The lowest BCUT2D eigenvalue weighted by Crippen LogP contribution is -2.49. The van der Waals surface area contributed by atoms with Gasteiger partial charge in [0.15, 0.2) is 0 Å². The Morgan fingerprint density at radius 3 is 1.60 bits per heavy atom. The van der Waals surface area contributed by atoms with Gasteiger partial charge in [-0.1, -0.05) is 32.6 Å². The van der Waals surface area contributed by atoms with Crippen molar-refractivity contribution in [1.82, 2.24) is 5.32 Å². The predicted octanol–water partition coefficient (Wildman–Crippen LogP) is 1.11. The van der Waals surface area contributed by atoms with E-state index in [0.29, 0.717) is 0 Å². The fourth-order valence-corrected chi connectivity index (χ4v) is 0.988. The summed E-state index contributed by atoms with van der Waals surface area (Å²) < 4.78 is 9.18. The van der Waals surface area contributed by atoms with Crippen molar-refractivity contribution in [3.8, 4) is 12.3 Å². The zero-order chi connectivity index (χ0) is 20.0. The number of hydrogen-bond donors (Lipinski definition) is 3. The van der Waals surface area contributed by atoms with Crippen LogP contribution in [0.1, 0.15) is 53.4 Å². The number of carbonyl (C=O) groups excluding carboxylic acids is 2. The van der Waals surface area contributed by atoms with Crippen molar-refractivity contribution in [2.45, 2.75) is 65.3 Å². The molecule has 0 fully saturated rings. The quantitative estimate of drug-likeness (QED) is 0.239. The number of carboxylic acid groups (broad SMARTS) is 2. The van der Waals surface area contributed by atoms with Gasteiger partial charge in [-0.2, -0.15) is 0 Å². The molecule has 0 aliphatic carbocycles. The van der Waals surface area contributed by atoms with Crippen LogP contribution >= 0.6 is 0 Å². The van der Waals surface area contributed by atoms with Crippen LogP contribution in [-0.4, -0.2) is 46.0 Å². The van der Waals surface area contributed by atoms with Gasteiger partial charge in [-0.05, 0) is 13.8 Å². The van der Waals surface area contributed by atoms with Gasteiger partial charge in [-0.25, -0.2) is 5.32 Å². The lowest BCUT2D eigenvalue weighted by molar-refractivity contribution is -0.197. The lowest BCUT2D eigenvalue weighted by Gasteiger charge is -2.26. The average Bonchev–Trinajstić information content (AvgIpc) is 2.45. The summed E-state index contributed by atoms with van der Waals surface area (Å²) in [6.07, 6.45) is 4.23. The summed E-state index contributed by atoms with van der Waals surface area (Å²) in [5, 5.41) is 19.3. The van der Waals surface area contributed by atoms with E-state index in [0.717, 1.165) is 0 Å². The summed E-state index contributed by atoms with van der Waals surface area (Å²) in [7, 11) is 0. The van der Waals surface area contributed by atoms with Gasteiger partial charge in [-0.3, -0.25) is 19.2 Å². The van der Waals surface area contributed by atoms with E-state index in [1.165, 1.54) is 26.7 Å². The van der Waals surface area contributed by atoms with Crippen molar-refractivity contribution >= 4 is 23.9 Å². The number of terminal acetylenes is 1. The molecule has 0 saturated heterocycles. The third-order valence-corrected chi connectivity index (χ3v) is 2.41. The second-order valence-corrected chi connectivity index (χ2v) is 5.37. The van der Waals surface area contributed by atoms with Gasteiger partial charge in [-0.15, -0.1) is 6.42 Å². The lowest BCUT2D eigenvalue weighted by atomic mass is 10.1. The van der Waals surface area contributed by atoms with Crippen LogP contribution in [0, 0.1) is 12.3 Å². The molecule has 0 aliphatic rings. The van der Waals surface area contributed by atoms with E-state index in [9.17, 15) is 19.2 Å². The summed E-state index contributed by atoms with van der Waals surface area (Å²) in [4.78, 5) is 43.2. The molecule has 0 bridgehead atoms. The van der Waals surface area contributed by atoms with Crippen LogP contribution < -0.4 is 5.32 Å². The largest absolute Gasteiger partial charge is 0.481 e. The highest BCUT2D eigenvalue weighted by Crippen LogP contribution is 2.06. The standard InChI is InChI=1S/C12H15NO8.C4H10/c1-4-12(2,3)13-11(20-9(18)5-7(14)15)21-10(19)6-8(16)17;1-3-4-2/h1,11,13H,5-6H2,2-3H3,(H,14,15)(H,16,17);3-4H2,1-2H3. The van der Waals surface area contributed by atoms with Crippen LogP contribution in [0.4, 0.5) is 0 Å². The van der Waals surface area contributed by atoms with Crippen LogP contribution in [0.2, 0.25) is 0 Å². The number of ether oxygens (including phenoxy) is 2. The molecule has 25 heavy (non-hydrogen) atoms. The van der Waals surface area contributed by atoms with Crippen LogP contribution in [0.25, 0.3) is 0 Å². The highest BCUT2D eigenvalue weighted by Gasteiger charge is 2.27. The molecule has 0 aromatic carbocycles. The Morgan fingerprint density at radius 2 is 1.36 bits per heavy atom. The number of carboxylic acids is 2. The van der Waals surface area contributed by atoms with Crippen molar-refractivity contribution in [1.29, 1.82) is 0 Å². The molecule has 0 amide bonds. The number of aliphatic carboxylic acids is 2. The smallest absolute Gasteiger partial charge is 0.321 e. The van der Waals surface area contributed by atoms with Crippen molar-refractivity contribution < 1.29 is 38.9 Å². The van der Waals surface area contributed by atoms with E-state index in [4.69, 9.17) is 16.6 Å². The van der Waals surface area contributed by atoms with E-state index in [1.807, 2.05) is 0 Å². The maximum absolute atomic E-state index is 11.2. The van der Waals surface area contributed by atoms with Gasteiger partial charge in [0.05, 0.1) is 5.54 Å². The Bertz CT molecular complexity index is 475. The van der Waals surface area contributed by atoms with Crippen LogP contribution in [-0.2, 0) is 28.7 Å². The number of rotatable bonds is 9. The highest BCUT2D eigenvalue weighted by atomic mass is 16.7. The summed E-state index contributed by atoms with van der Waals surface area (Å²) in [6, 6.07) is 0. The van der Waals surface area contributed by atoms with Gasteiger partial charge < -0.3 is 19.7 Å². The minimum absolute atomic E-state index is 0.953. The summed E-state index contributed by atoms with van der Waals surface area (Å²) in [6.45, 7) is 7.35. The molecule has 0 unspecified atom stereocenters. The fourth-order valence-electron chi connectivity index (χ4n) is 0.988. The Balaban J connectivity index is 0. The Morgan fingerprint density at radius 1 is 1.00 bits per heavy atom. The number of unbranched alkanes of at least 4 members (excludes halogenated alkanes) is 1. The first-order valence-corrected chi connectivity index (χ1v) is 7.55. The van der Waals surface area contributed by atoms with Crippen molar-refractivity contribution in [3.05, 3.63) is 0 Å². The van der Waals surface area contributed by atoms with Crippen molar-refractivity contribution in [2.75, 3.05) is 0 Å². The van der Waals surface area contributed by atoms with Crippen LogP contribution in [0.5, 0.6) is 0 Å². The molecule has 0 atom stereocenters. The van der Waals surface area contributed by atoms with Gasteiger partial charge in [0.2, 0.25) is 0 Å². The maximum Gasteiger partial charge on any atom is 0.321 e. The van der Waals surface area contributed by atoms with Crippen molar-refractivity contribution in [2.24, 2.45) is 0 Å². The predicted molar refractivity (Wildman–Crippen MR) is 87.1 cm³/mol. The molecular weight excluding hydrogens is 334 g/mol. The van der Waals surface area contributed by atoms with Crippen molar-refractivity contribution in [3.63, 3.8) is 0 Å². The zero-order valence-corrected chi connectivity index (χ0v) is 14.8. The molecule has 0 spiro atoms. The van der Waals surface area contributed by atoms with E-state index in [1.54, 1.807) is 0 Å². The highest BCUT2D eigenvalue weighted by molar-refractivity contribution is 5.91. The normalized spacial score (nSPS) is 10.1. The summed E-state index contributed by atoms with van der Waals surface area (Å²) in [5.41, 5.74) is -1.06. The maximum atomic E-state index is 11.2. The molecule has 0 aromatic heterocycles. The first-order valence-electron chi connectivity index (χ1n) is 7.55. The number of carbonyl (C=O) groups is 4. The molecule has 0 saturated carbocycles. The summed E-state index contributed by atoms with van der Waals surface area (Å²) >= 11 is 0.